The highest BCUT2D eigenvalue weighted by molar-refractivity contribution is 5.76. The zero-order chi connectivity index (χ0) is 13.4. The maximum absolute atomic E-state index is 11.6. The molecule has 0 spiro atoms. The first-order valence-corrected chi connectivity index (χ1v) is 6.52. The van der Waals surface area contributed by atoms with E-state index < -0.39 is 0 Å². The minimum absolute atomic E-state index is 0.0720. The Morgan fingerprint density at radius 2 is 2.00 bits per heavy atom. The van der Waals surface area contributed by atoms with Gasteiger partial charge in [-0.05, 0) is 31.8 Å². The maximum atomic E-state index is 11.6. The van der Waals surface area contributed by atoms with E-state index in [4.69, 9.17) is 0 Å². The van der Waals surface area contributed by atoms with Gasteiger partial charge < -0.3 is 20.9 Å². The van der Waals surface area contributed by atoms with Gasteiger partial charge >= 0.3 is 6.03 Å². The number of nitrogens with one attached hydrogen (secondary N) is 3. The summed E-state index contributed by atoms with van der Waals surface area (Å²) in [6.45, 7) is 2.95. The molecule has 0 aromatic carbocycles. The van der Waals surface area contributed by atoms with Crippen LogP contribution < -0.4 is 16.0 Å². The molecule has 1 aliphatic rings. The van der Waals surface area contributed by atoms with E-state index in [9.17, 15) is 9.59 Å². The van der Waals surface area contributed by atoms with E-state index in [1.165, 1.54) is 4.90 Å². The largest absolute Gasteiger partial charge is 0.354 e. The van der Waals surface area contributed by atoms with Crippen LogP contribution in [0.3, 0.4) is 0 Å². The number of carbonyl (C=O) groups excluding carboxylic acids is 2. The van der Waals surface area contributed by atoms with Gasteiger partial charge in [-0.3, -0.25) is 4.79 Å². The summed E-state index contributed by atoms with van der Waals surface area (Å²) < 4.78 is 0. The lowest BCUT2D eigenvalue weighted by Gasteiger charge is -2.22. The number of nitrogens with zero attached hydrogens (tertiary/aromatic N) is 1. The quantitative estimate of drug-likeness (QED) is 0.595. The Balaban J connectivity index is 2.04. The van der Waals surface area contributed by atoms with E-state index in [0.717, 1.165) is 25.9 Å². The molecule has 1 rings (SSSR count). The summed E-state index contributed by atoms with van der Waals surface area (Å²) in [5.74, 6) is 0.526. The van der Waals surface area contributed by atoms with Crippen LogP contribution in [0.5, 0.6) is 0 Å². The minimum Gasteiger partial charge on any atom is -0.354 e. The van der Waals surface area contributed by atoms with Gasteiger partial charge in [0.2, 0.25) is 5.91 Å². The molecule has 1 atom stereocenters. The van der Waals surface area contributed by atoms with Gasteiger partial charge in [-0.25, -0.2) is 4.79 Å². The van der Waals surface area contributed by atoms with Gasteiger partial charge in [0.15, 0.2) is 0 Å². The van der Waals surface area contributed by atoms with Crippen LogP contribution >= 0.6 is 0 Å². The molecule has 0 radical (unpaired) electrons. The van der Waals surface area contributed by atoms with Crippen LogP contribution in [0.25, 0.3) is 0 Å². The molecule has 104 valence electrons. The Kier molecular flexibility index (Phi) is 6.49. The van der Waals surface area contributed by atoms with E-state index in [2.05, 4.69) is 16.0 Å². The SMILES string of the molecule is CN(C)C(=O)NCCNC(=O)CC1CCCNC1. The second-order valence-electron chi connectivity index (χ2n) is 4.89. The van der Waals surface area contributed by atoms with Crippen LogP contribution in [0, 0.1) is 5.92 Å². The number of hydrogen-bond acceptors (Lipinski definition) is 3. The summed E-state index contributed by atoms with van der Waals surface area (Å²) in [4.78, 5) is 24.3. The third-order valence-electron chi connectivity index (χ3n) is 3.00. The molecule has 6 heteroatoms. The third kappa shape index (κ3) is 5.86. The topological polar surface area (TPSA) is 73.5 Å². The zero-order valence-corrected chi connectivity index (χ0v) is 11.3. The molecule has 0 saturated carbocycles. The number of urea groups is 1. The number of piperidine rings is 1. The number of carbonyl (C=O) groups is 2. The highest BCUT2D eigenvalue weighted by Crippen LogP contribution is 2.13. The van der Waals surface area contributed by atoms with Crippen molar-refractivity contribution >= 4 is 11.9 Å². The van der Waals surface area contributed by atoms with E-state index in [0.29, 0.717) is 25.4 Å². The van der Waals surface area contributed by atoms with Gasteiger partial charge in [0.1, 0.15) is 0 Å². The zero-order valence-electron chi connectivity index (χ0n) is 11.3. The molecule has 3 amide bonds. The summed E-state index contributed by atoms with van der Waals surface area (Å²) >= 11 is 0. The molecule has 1 heterocycles. The van der Waals surface area contributed by atoms with E-state index in [1.807, 2.05) is 0 Å². The van der Waals surface area contributed by atoms with Crippen molar-refractivity contribution in [3.63, 3.8) is 0 Å². The fourth-order valence-corrected chi connectivity index (χ4v) is 1.96. The third-order valence-corrected chi connectivity index (χ3v) is 3.00. The predicted molar refractivity (Wildman–Crippen MR) is 70.3 cm³/mol. The molecular weight excluding hydrogens is 232 g/mol. The Hall–Kier alpha value is -1.30. The van der Waals surface area contributed by atoms with Gasteiger partial charge in [0, 0.05) is 33.6 Å². The average molecular weight is 256 g/mol. The van der Waals surface area contributed by atoms with Gasteiger partial charge in [0.05, 0.1) is 0 Å². The molecule has 1 aliphatic heterocycles. The Morgan fingerprint density at radius 1 is 1.28 bits per heavy atom. The fourth-order valence-electron chi connectivity index (χ4n) is 1.96. The Bertz CT molecular complexity index is 275. The maximum Gasteiger partial charge on any atom is 0.316 e. The van der Waals surface area contributed by atoms with Crippen molar-refractivity contribution < 1.29 is 9.59 Å². The summed E-state index contributed by atoms with van der Waals surface area (Å²) in [6, 6.07) is -0.138. The van der Waals surface area contributed by atoms with Gasteiger partial charge in [-0.2, -0.15) is 0 Å². The lowest BCUT2D eigenvalue weighted by Crippen LogP contribution is -2.40. The Morgan fingerprint density at radius 3 is 2.61 bits per heavy atom. The van der Waals surface area contributed by atoms with Gasteiger partial charge in [0.25, 0.3) is 0 Å². The highest BCUT2D eigenvalue weighted by atomic mass is 16.2. The summed E-state index contributed by atoms with van der Waals surface area (Å²) in [5.41, 5.74) is 0. The molecule has 1 fully saturated rings. The van der Waals surface area contributed by atoms with Crippen LogP contribution in [-0.4, -0.2) is 57.1 Å². The van der Waals surface area contributed by atoms with Crippen molar-refractivity contribution in [1.82, 2.24) is 20.9 Å². The normalized spacial score (nSPS) is 19.1. The van der Waals surface area contributed by atoms with Crippen molar-refractivity contribution in [2.45, 2.75) is 19.3 Å². The summed E-state index contributed by atoms with van der Waals surface area (Å²) in [6.07, 6.45) is 2.85. The van der Waals surface area contributed by atoms with Gasteiger partial charge in [-0.15, -0.1) is 0 Å². The lowest BCUT2D eigenvalue weighted by molar-refractivity contribution is -0.122. The molecule has 0 bridgehead atoms. The number of rotatable bonds is 5. The van der Waals surface area contributed by atoms with Crippen molar-refractivity contribution in [3.8, 4) is 0 Å². The van der Waals surface area contributed by atoms with E-state index in [1.54, 1.807) is 14.1 Å². The second-order valence-corrected chi connectivity index (χ2v) is 4.89. The molecule has 0 aromatic heterocycles. The van der Waals surface area contributed by atoms with Crippen LogP contribution in [0.1, 0.15) is 19.3 Å². The Labute approximate surface area is 108 Å². The van der Waals surface area contributed by atoms with Crippen molar-refractivity contribution in [1.29, 1.82) is 0 Å². The van der Waals surface area contributed by atoms with Crippen LogP contribution in [0.2, 0.25) is 0 Å². The van der Waals surface area contributed by atoms with E-state index >= 15 is 0 Å². The van der Waals surface area contributed by atoms with Crippen LogP contribution in [-0.2, 0) is 4.79 Å². The van der Waals surface area contributed by atoms with Crippen molar-refractivity contribution in [2.24, 2.45) is 5.92 Å². The monoisotopic (exact) mass is 256 g/mol. The van der Waals surface area contributed by atoms with Crippen LogP contribution in [0.15, 0.2) is 0 Å². The molecule has 0 aromatic rings. The molecule has 6 nitrogen and oxygen atoms in total. The molecule has 1 saturated heterocycles. The summed E-state index contributed by atoms with van der Waals surface area (Å²) in [7, 11) is 3.37. The van der Waals surface area contributed by atoms with Crippen molar-refractivity contribution in [2.75, 3.05) is 40.3 Å². The van der Waals surface area contributed by atoms with Crippen LogP contribution in [0.4, 0.5) is 4.79 Å². The standard InChI is InChI=1S/C12H24N4O2/c1-16(2)12(18)15-7-6-14-11(17)8-10-4-3-5-13-9-10/h10,13H,3-9H2,1-2H3,(H,14,17)(H,15,18). The first kappa shape index (κ1) is 14.8. The average Bonchev–Trinajstić information content (AvgIpc) is 2.35. The first-order chi connectivity index (χ1) is 8.59. The first-order valence-electron chi connectivity index (χ1n) is 6.52. The molecule has 18 heavy (non-hydrogen) atoms. The lowest BCUT2D eigenvalue weighted by atomic mass is 9.96. The molecule has 3 N–H and O–H groups in total. The predicted octanol–water partition coefficient (Wildman–Crippen LogP) is -0.236. The number of amides is 3. The second kappa shape index (κ2) is 7.92. The summed E-state index contributed by atoms with van der Waals surface area (Å²) in [5, 5.41) is 8.82. The smallest absolute Gasteiger partial charge is 0.316 e. The molecule has 0 aliphatic carbocycles. The van der Waals surface area contributed by atoms with Crippen molar-refractivity contribution in [3.05, 3.63) is 0 Å². The fraction of sp³-hybridized carbons (Fsp3) is 0.833. The molecular formula is C12H24N4O2. The highest BCUT2D eigenvalue weighted by Gasteiger charge is 2.16. The molecule has 1 unspecified atom stereocenters. The number of hydrogen-bond donors (Lipinski definition) is 3. The van der Waals surface area contributed by atoms with E-state index in [-0.39, 0.29) is 11.9 Å². The van der Waals surface area contributed by atoms with Gasteiger partial charge in [-0.1, -0.05) is 0 Å². The minimum atomic E-state index is -0.138.